The van der Waals surface area contributed by atoms with Crippen molar-refractivity contribution < 1.29 is 32.6 Å². The maximum Gasteiger partial charge on any atom is 0.322 e. The highest BCUT2D eigenvalue weighted by molar-refractivity contribution is 7.89. The lowest BCUT2D eigenvalue weighted by Gasteiger charge is -2.26. The average molecular weight is 358 g/mol. The van der Waals surface area contributed by atoms with Gasteiger partial charge >= 0.3 is 5.97 Å². The van der Waals surface area contributed by atoms with E-state index in [1.54, 1.807) is 0 Å². The number of aliphatic carboxylic acids is 1. The number of sulfonamides is 1. The first-order chi connectivity index (χ1) is 11.4. The molecule has 1 heterocycles. The number of hydrogen-bond donors (Lipinski definition) is 2. The van der Waals surface area contributed by atoms with Crippen molar-refractivity contribution >= 4 is 21.9 Å². The zero-order valence-corrected chi connectivity index (χ0v) is 13.8. The molecule has 9 nitrogen and oxygen atoms in total. The number of carboxylic acid groups (broad SMARTS) is 1. The molecule has 2 N–H and O–H groups in total. The first-order valence-corrected chi connectivity index (χ1v) is 8.56. The Labute approximate surface area is 139 Å². The molecule has 0 unspecified atom stereocenters. The molecule has 0 aliphatic carbocycles. The molecule has 1 aromatic carbocycles. The number of carboxylic acids is 1. The minimum Gasteiger partial charge on any atom is -0.496 e. The lowest BCUT2D eigenvalue weighted by atomic mass is 10.2. The smallest absolute Gasteiger partial charge is 0.322 e. The quantitative estimate of drug-likeness (QED) is 0.705. The van der Waals surface area contributed by atoms with Crippen LogP contribution >= 0.6 is 0 Å². The van der Waals surface area contributed by atoms with Crippen molar-refractivity contribution in [3.63, 3.8) is 0 Å². The molecule has 1 amide bonds. The minimum absolute atomic E-state index is 0.0481. The molecular weight excluding hydrogens is 340 g/mol. The van der Waals surface area contributed by atoms with E-state index in [1.807, 2.05) is 0 Å². The molecule has 0 spiro atoms. The van der Waals surface area contributed by atoms with Crippen molar-refractivity contribution in [2.75, 3.05) is 40.0 Å². The second-order valence-corrected chi connectivity index (χ2v) is 6.89. The summed E-state index contributed by atoms with van der Waals surface area (Å²) in [5.74, 6) is -1.79. The van der Waals surface area contributed by atoms with Gasteiger partial charge in [0, 0.05) is 13.1 Å². The zero-order valence-electron chi connectivity index (χ0n) is 13.0. The summed E-state index contributed by atoms with van der Waals surface area (Å²) < 4.78 is 36.7. The summed E-state index contributed by atoms with van der Waals surface area (Å²) in [6.07, 6.45) is 0. The maximum absolute atomic E-state index is 12.6. The monoisotopic (exact) mass is 358 g/mol. The molecular formula is C14H18N2O7S. The number of carbonyl (C=O) groups is 2. The van der Waals surface area contributed by atoms with Gasteiger partial charge in [-0.3, -0.25) is 9.59 Å². The van der Waals surface area contributed by atoms with Crippen LogP contribution in [0.3, 0.4) is 0 Å². The topological polar surface area (TPSA) is 122 Å². The number of nitrogens with zero attached hydrogens (tertiary/aromatic N) is 1. The molecule has 1 fully saturated rings. The van der Waals surface area contributed by atoms with Crippen LogP contribution in [0.1, 0.15) is 10.4 Å². The van der Waals surface area contributed by atoms with Crippen LogP contribution in [0.25, 0.3) is 0 Å². The number of hydrogen-bond acceptors (Lipinski definition) is 6. The third-order valence-corrected chi connectivity index (χ3v) is 5.32. The number of amides is 1. The van der Waals surface area contributed by atoms with Crippen molar-refractivity contribution in [2.24, 2.45) is 0 Å². The first kappa shape index (κ1) is 18.2. The van der Waals surface area contributed by atoms with Gasteiger partial charge in [0.1, 0.15) is 12.3 Å². The lowest BCUT2D eigenvalue weighted by molar-refractivity contribution is -0.135. The average Bonchev–Trinajstić information content (AvgIpc) is 2.59. The highest BCUT2D eigenvalue weighted by Crippen LogP contribution is 2.25. The van der Waals surface area contributed by atoms with E-state index >= 15 is 0 Å². The number of benzene rings is 1. The van der Waals surface area contributed by atoms with E-state index in [2.05, 4.69) is 5.32 Å². The fraction of sp³-hybridized carbons (Fsp3) is 0.429. The molecule has 1 aromatic rings. The molecule has 1 aliphatic heterocycles. The van der Waals surface area contributed by atoms with E-state index < -0.39 is 28.4 Å². The van der Waals surface area contributed by atoms with Gasteiger partial charge in [0.25, 0.3) is 5.91 Å². The minimum atomic E-state index is -3.77. The fourth-order valence-corrected chi connectivity index (χ4v) is 3.65. The summed E-state index contributed by atoms with van der Waals surface area (Å²) in [6.45, 7) is 0.495. The standard InChI is InChI=1S/C14H18N2O7S/c1-22-12-3-2-10(8-11(12)14(19)15-9-13(17)18)24(20,21)16-4-6-23-7-5-16/h2-3,8H,4-7,9H2,1H3,(H,15,19)(H,17,18). The Morgan fingerprint density at radius 3 is 2.58 bits per heavy atom. The van der Waals surface area contributed by atoms with Crippen molar-refractivity contribution in [1.82, 2.24) is 9.62 Å². The van der Waals surface area contributed by atoms with Crippen molar-refractivity contribution in [1.29, 1.82) is 0 Å². The molecule has 0 saturated carbocycles. The summed E-state index contributed by atoms with van der Waals surface area (Å²) >= 11 is 0. The SMILES string of the molecule is COc1ccc(S(=O)(=O)N2CCOCC2)cc1C(=O)NCC(=O)O. The van der Waals surface area contributed by atoms with Crippen molar-refractivity contribution in [3.05, 3.63) is 23.8 Å². The Morgan fingerprint density at radius 2 is 2.00 bits per heavy atom. The summed E-state index contributed by atoms with van der Waals surface area (Å²) in [6, 6.07) is 3.89. The van der Waals surface area contributed by atoms with Crippen LogP contribution in [0, 0.1) is 0 Å². The van der Waals surface area contributed by atoms with E-state index in [0.29, 0.717) is 13.2 Å². The molecule has 1 aliphatic rings. The molecule has 0 atom stereocenters. The molecule has 2 rings (SSSR count). The molecule has 24 heavy (non-hydrogen) atoms. The summed E-state index contributed by atoms with van der Waals surface area (Å²) in [5.41, 5.74) is -0.0481. The number of carbonyl (C=O) groups excluding carboxylic acids is 1. The van der Waals surface area contributed by atoms with Crippen LogP contribution in [0.5, 0.6) is 5.75 Å². The van der Waals surface area contributed by atoms with Gasteiger partial charge in [0.2, 0.25) is 10.0 Å². The number of ether oxygens (including phenoxy) is 2. The van der Waals surface area contributed by atoms with Gasteiger partial charge in [-0.1, -0.05) is 0 Å². The highest BCUT2D eigenvalue weighted by atomic mass is 32.2. The fourth-order valence-electron chi connectivity index (χ4n) is 2.21. The van der Waals surface area contributed by atoms with Gasteiger partial charge in [-0.25, -0.2) is 8.42 Å². The van der Waals surface area contributed by atoms with Gasteiger partial charge in [0.15, 0.2) is 0 Å². The molecule has 0 bridgehead atoms. The lowest BCUT2D eigenvalue weighted by Crippen LogP contribution is -2.40. The Kier molecular flexibility index (Phi) is 5.75. The molecule has 10 heteroatoms. The Balaban J connectivity index is 2.33. The molecule has 0 radical (unpaired) electrons. The van der Waals surface area contributed by atoms with Crippen LogP contribution in [-0.2, 0) is 19.6 Å². The van der Waals surface area contributed by atoms with Crippen LogP contribution in [0.15, 0.2) is 23.1 Å². The van der Waals surface area contributed by atoms with E-state index in [9.17, 15) is 18.0 Å². The summed E-state index contributed by atoms with van der Waals surface area (Å²) in [5, 5.41) is 10.8. The van der Waals surface area contributed by atoms with E-state index in [0.717, 1.165) is 0 Å². The van der Waals surface area contributed by atoms with Gasteiger partial charge in [-0.2, -0.15) is 4.31 Å². The number of nitrogens with one attached hydrogen (secondary N) is 1. The third-order valence-electron chi connectivity index (χ3n) is 3.42. The van der Waals surface area contributed by atoms with Crippen LogP contribution in [0.2, 0.25) is 0 Å². The van der Waals surface area contributed by atoms with E-state index in [-0.39, 0.29) is 29.3 Å². The normalized spacial score (nSPS) is 15.7. The number of rotatable bonds is 6. The number of methoxy groups -OCH3 is 1. The molecule has 0 aromatic heterocycles. The Hall–Kier alpha value is -2.17. The number of morpholine rings is 1. The first-order valence-electron chi connectivity index (χ1n) is 7.12. The molecule has 132 valence electrons. The van der Waals surface area contributed by atoms with Gasteiger partial charge < -0.3 is 19.9 Å². The summed E-state index contributed by atoms with van der Waals surface area (Å²) in [4.78, 5) is 22.6. The van der Waals surface area contributed by atoms with E-state index in [1.165, 1.54) is 29.6 Å². The maximum atomic E-state index is 12.6. The second kappa shape index (κ2) is 7.60. The predicted octanol–water partition coefficient (Wildman–Crippen LogP) is -0.469. The van der Waals surface area contributed by atoms with Crippen molar-refractivity contribution in [2.45, 2.75) is 4.90 Å². The Bertz CT molecular complexity index is 727. The Morgan fingerprint density at radius 1 is 1.33 bits per heavy atom. The molecule has 1 saturated heterocycles. The third kappa shape index (κ3) is 4.02. The second-order valence-electron chi connectivity index (χ2n) is 4.95. The highest BCUT2D eigenvalue weighted by Gasteiger charge is 2.28. The largest absolute Gasteiger partial charge is 0.496 e. The van der Waals surface area contributed by atoms with Crippen LogP contribution < -0.4 is 10.1 Å². The van der Waals surface area contributed by atoms with Crippen LogP contribution in [0.4, 0.5) is 0 Å². The zero-order chi connectivity index (χ0) is 17.7. The van der Waals surface area contributed by atoms with Gasteiger partial charge in [-0.15, -0.1) is 0 Å². The van der Waals surface area contributed by atoms with Crippen LogP contribution in [-0.4, -0.2) is 69.7 Å². The van der Waals surface area contributed by atoms with E-state index in [4.69, 9.17) is 14.6 Å². The summed E-state index contributed by atoms with van der Waals surface area (Å²) in [7, 11) is -2.44. The predicted molar refractivity (Wildman–Crippen MR) is 82.5 cm³/mol. The van der Waals surface area contributed by atoms with Gasteiger partial charge in [0.05, 0.1) is 30.8 Å². The van der Waals surface area contributed by atoms with Gasteiger partial charge in [-0.05, 0) is 18.2 Å². The van der Waals surface area contributed by atoms with Crippen molar-refractivity contribution in [3.8, 4) is 5.75 Å².